The molecule has 0 bridgehead atoms. The molecule has 0 atom stereocenters. The summed E-state index contributed by atoms with van der Waals surface area (Å²) in [6.45, 7) is 1.83. The van der Waals surface area contributed by atoms with E-state index in [1.165, 1.54) is 13.2 Å². The maximum Gasteiger partial charge on any atom is 0.387 e. The molecule has 6 nitrogen and oxygen atoms in total. The molecule has 0 radical (unpaired) electrons. The number of aliphatic imine (C=N–C) groups is 1. The van der Waals surface area contributed by atoms with Gasteiger partial charge in [0.25, 0.3) is 0 Å². The number of nitrogens with one attached hydrogen (secondary N) is 2. The fraction of sp³-hybridized carbons (Fsp3) is 0.381. The van der Waals surface area contributed by atoms with Crippen LogP contribution in [0.3, 0.4) is 0 Å². The van der Waals surface area contributed by atoms with Crippen LogP contribution in [0.5, 0.6) is 17.2 Å². The average Bonchev–Trinajstić information content (AvgIpc) is 2.69. The molecule has 2 rings (SSSR count). The highest BCUT2D eigenvalue weighted by Gasteiger charge is 2.11. The summed E-state index contributed by atoms with van der Waals surface area (Å²) in [5.74, 6) is 1.98. The molecule has 2 aromatic rings. The van der Waals surface area contributed by atoms with E-state index in [2.05, 4.69) is 20.4 Å². The SMILES string of the molecule is CN=C(NCc1ccc(OC(C)C)cc1)NCc1cc(OC)ccc1OC(F)F.I. The van der Waals surface area contributed by atoms with Crippen LogP contribution in [0, 0.1) is 0 Å². The zero-order valence-electron chi connectivity index (χ0n) is 17.4. The summed E-state index contributed by atoms with van der Waals surface area (Å²) in [4.78, 5) is 4.16. The van der Waals surface area contributed by atoms with Crippen molar-refractivity contribution >= 4 is 29.9 Å². The van der Waals surface area contributed by atoms with E-state index in [0.717, 1.165) is 11.3 Å². The minimum atomic E-state index is -2.90. The Morgan fingerprint density at radius 1 is 0.967 bits per heavy atom. The zero-order chi connectivity index (χ0) is 21.2. The van der Waals surface area contributed by atoms with E-state index in [1.807, 2.05) is 38.1 Å². The molecule has 0 unspecified atom stereocenters. The molecule has 0 heterocycles. The summed E-state index contributed by atoms with van der Waals surface area (Å²) in [7, 11) is 3.15. The Morgan fingerprint density at radius 3 is 2.17 bits per heavy atom. The number of halogens is 3. The van der Waals surface area contributed by atoms with Gasteiger partial charge in [-0.05, 0) is 49.7 Å². The molecule has 30 heavy (non-hydrogen) atoms. The third-order valence-corrected chi connectivity index (χ3v) is 3.91. The summed E-state index contributed by atoms with van der Waals surface area (Å²) in [6, 6.07) is 12.4. The molecular formula is C21H28F2IN3O3. The number of ether oxygens (including phenoxy) is 3. The minimum absolute atomic E-state index is 0. The highest BCUT2D eigenvalue weighted by atomic mass is 127. The van der Waals surface area contributed by atoms with Gasteiger partial charge < -0.3 is 24.8 Å². The number of nitrogens with zero attached hydrogens (tertiary/aromatic N) is 1. The van der Waals surface area contributed by atoms with Crippen LogP contribution in [0.1, 0.15) is 25.0 Å². The molecule has 0 aromatic heterocycles. The minimum Gasteiger partial charge on any atom is -0.497 e. The van der Waals surface area contributed by atoms with Crippen LogP contribution < -0.4 is 24.8 Å². The largest absolute Gasteiger partial charge is 0.497 e. The number of hydrogen-bond acceptors (Lipinski definition) is 4. The molecule has 0 spiro atoms. The van der Waals surface area contributed by atoms with Gasteiger partial charge in [-0.25, -0.2) is 0 Å². The smallest absolute Gasteiger partial charge is 0.387 e. The lowest BCUT2D eigenvalue weighted by Crippen LogP contribution is -2.36. The predicted molar refractivity (Wildman–Crippen MR) is 124 cm³/mol. The van der Waals surface area contributed by atoms with Crippen LogP contribution in [-0.4, -0.2) is 32.8 Å². The fourth-order valence-corrected chi connectivity index (χ4v) is 2.58. The summed E-state index contributed by atoms with van der Waals surface area (Å²) >= 11 is 0. The number of alkyl halides is 2. The Hall–Kier alpha value is -2.30. The number of guanidine groups is 1. The van der Waals surface area contributed by atoms with Crippen molar-refractivity contribution in [3.05, 3.63) is 53.6 Å². The topological polar surface area (TPSA) is 64.1 Å². The van der Waals surface area contributed by atoms with Crippen LogP contribution in [0.25, 0.3) is 0 Å². The van der Waals surface area contributed by atoms with Crippen molar-refractivity contribution in [3.63, 3.8) is 0 Å². The lowest BCUT2D eigenvalue weighted by atomic mass is 10.2. The van der Waals surface area contributed by atoms with Crippen LogP contribution >= 0.6 is 24.0 Å². The van der Waals surface area contributed by atoms with Crippen LogP contribution in [0.15, 0.2) is 47.5 Å². The van der Waals surface area contributed by atoms with E-state index in [4.69, 9.17) is 9.47 Å². The molecule has 166 valence electrons. The van der Waals surface area contributed by atoms with E-state index in [-0.39, 0.29) is 42.4 Å². The zero-order valence-corrected chi connectivity index (χ0v) is 19.8. The van der Waals surface area contributed by atoms with E-state index >= 15 is 0 Å². The van der Waals surface area contributed by atoms with Gasteiger partial charge in [-0.2, -0.15) is 8.78 Å². The van der Waals surface area contributed by atoms with Crippen LogP contribution in [0.2, 0.25) is 0 Å². The van der Waals surface area contributed by atoms with E-state index in [1.54, 1.807) is 19.2 Å². The Kier molecular flexibility index (Phi) is 11.2. The highest BCUT2D eigenvalue weighted by Crippen LogP contribution is 2.25. The second kappa shape index (κ2) is 13.1. The Balaban J connectivity index is 0.00000450. The lowest BCUT2D eigenvalue weighted by Gasteiger charge is -2.16. The van der Waals surface area contributed by atoms with Crippen molar-refractivity contribution in [2.45, 2.75) is 39.7 Å². The molecule has 0 saturated carbocycles. The first-order valence-corrected chi connectivity index (χ1v) is 9.23. The molecule has 0 saturated heterocycles. The molecule has 2 N–H and O–H groups in total. The van der Waals surface area contributed by atoms with Crippen molar-refractivity contribution in [2.24, 2.45) is 4.99 Å². The van der Waals surface area contributed by atoms with Gasteiger partial charge in [-0.3, -0.25) is 4.99 Å². The van der Waals surface area contributed by atoms with Crippen molar-refractivity contribution in [3.8, 4) is 17.2 Å². The summed E-state index contributed by atoms with van der Waals surface area (Å²) in [6.07, 6.45) is 0.123. The Morgan fingerprint density at radius 2 is 1.60 bits per heavy atom. The first-order valence-electron chi connectivity index (χ1n) is 9.23. The third kappa shape index (κ3) is 8.60. The molecule has 0 fully saturated rings. The summed E-state index contributed by atoms with van der Waals surface area (Å²) in [5, 5.41) is 6.28. The predicted octanol–water partition coefficient (Wildman–Crippen LogP) is 4.57. The van der Waals surface area contributed by atoms with Gasteiger partial charge in [0.1, 0.15) is 17.2 Å². The Bertz CT molecular complexity index is 803. The molecule has 0 aliphatic rings. The first-order chi connectivity index (χ1) is 13.9. The number of rotatable bonds is 9. The fourth-order valence-electron chi connectivity index (χ4n) is 2.58. The van der Waals surface area contributed by atoms with Crippen molar-refractivity contribution in [1.29, 1.82) is 0 Å². The van der Waals surface area contributed by atoms with Crippen molar-refractivity contribution in [2.75, 3.05) is 14.2 Å². The van der Waals surface area contributed by atoms with E-state index in [9.17, 15) is 8.78 Å². The van der Waals surface area contributed by atoms with Gasteiger partial charge in [-0.15, -0.1) is 24.0 Å². The Labute approximate surface area is 193 Å². The highest BCUT2D eigenvalue weighted by molar-refractivity contribution is 14.0. The first kappa shape index (κ1) is 25.7. The van der Waals surface area contributed by atoms with Gasteiger partial charge in [-0.1, -0.05) is 12.1 Å². The second-order valence-corrected chi connectivity index (χ2v) is 6.44. The van der Waals surface area contributed by atoms with Crippen LogP contribution in [-0.2, 0) is 13.1 Å². The quantitative estimate of drug-likeness (QED) is 0.280. The van der Waals surface area contributed by atoms with E-state index in [0.29, 0.717) is 23.8 Å². The van der Waals surface area contributed by atoms with Crippen molar-refractivity contribution < 1.29 is 23.0 Å². The lowest BCUT2D eigenvalue weighted by molar-refractivity contribution is -0.0505. The van der Waals surface area contributed by atoms with Crippen LogP contribution in [0.4, 0.5) is 8.78 Å². The van der Waals surface area contributed by atoms with Gasteiger partial charge in [0, 0.05) is 25.7 Å². The van der Waals surface area contributed by atoms with Gasteiger partial charge in [0.15, 0.2) is 5.96 Å². The van der Waals surface area contributed by atoms with Gasteiger partial charge in [0.2, 0.25) is 0 Å². The monoisotopic (exact) mass is 535 g/mol. The maximum atomic E-state index is 12.6. The molecule has 0 amide bonds. The van der Waals surface area contributed by atoms with Gasteiger partial charge >= 0.3 is 6.61 Å². The molecule has 9 heteroatoms. The summed E-state index contributed by atoms with van der Waals surface area (Å²) < 4.78 is 40.6. The van der Waals surface area contributed by atoms with Crippen molar-refractivity contribution in [1.82, 2.24) is 10.6 Å². The van der Waals surface area contributed by atoms with E-state index < -0.39 is 6.61 Å². The summed E-state index contributed by atoms with van der Waals surface area (Å²) in [5.41, 5.74) is 1.58. The number of methoxy groups -OCH3 is 1. The molecule has 2 aromatic carbocycles. The second-order valence-electron chi connectivity index (χ2n) is 6.44. The van der Waals surface area contributed by atoms with Gasteiger partial charge in [0.05, 0.1) is 13.2 Å². The number of benzene rings is 2. The average molecular weight is 535 g/mol. The standard InChI is InChI=1S/C21H27F2N3O3.HI/c1-14(2)28-17-7-5-15(6-8-17)12-25-21(24-3)26-13-16-11-18(27-4)9-10-19(16)29-20(22)23;/h5-11,14,20H,12-13H2,1-4H3,(H2,24,25,26);1H. The maximum absolute atomic E-state index is 12.6. The third-order valence-electron chi connectivity index (χ3n) is 3.91. The number of hydrogen-bond donors (Lipinski definition) is 2. The molecular weight excluding hydrogens is 507 g/mol. The molecule has 0 aliphatic heterocycles. The normalized spacial score (nSPS) is 11.1. The molecule has 0 aliphatic carbocycles.